The number of aliphatic hydroxyl groups is 1. The molecule has 2 rings (SSSR count). The van der Waals surface area contributed by atoms with Crippen LogP contribution in [0.4, 0.5) is 13.2 Å². The molecule has 108 valence electrons. The van der Waals surface area contributed by atoms with Gasteiger partial charge in [0.05, 0.1) is 5.69 Å². The molecule has 0 atom stereocenters. The summed E-state index contributed by atoms with van der Waals surface area (Å²) in [4.78, 5) is 0. The van der Waals surface area contributed by atoms with Gasteiger partial charge in [-0.1, -0.05) is 0 Å². The SMILES string of the molecule is Cn1nc(-c2ccc(OC(F)(F)F)cc2)cc1CCO. The first-order valence-electron chi connectivity index (χ1n) is 5.89. The summed E-state index contributed by atoms with van der Waals surface area (Å²) in [6, 6.07) is 7.28. The van der Waals surface area contributed by atoms with Crippen molar-refractivity contribution >= 4 is 0 Å². The van der Waals surface area contributed by atoms with Crippen LogP contribution in [0, 0.1) is 0 Å². The topological polar surface area (TPSA) is 47.3 Å². The average molecular weight is 286 g/mol. The summed E-state index contributed by atoms with van der Waals surface area (Å²) in [6.45, 7) is 0.0112. The molecule has 0 radical (unpaired) electrons. The molecule has 0 aliphatic heterocycles. The lowest BCUT2D eigenvalue weighted by Crippen LogP contribution is -2.16. The van der Waals surface area contributed by atoms with Crippen molar-refractivity contribution in [3.8, 4) is 17.0 Å². The zero-order valence-electron chi connectivity index (χ0n) is 10.7. The predicted molar refractivity (Wildman–Crippen MR) is 66.1 cm³/mol. The maximum Gasteiger partial charge on any atom is 0.573 e. The summed E-state index contributed by atoms with van der Waals surface area (Å²) in [5.41, 5.74) is 2.16. The third kappa shape index (κ3) is 3.51. The number of nitrogens with zero attached hydrogens (tertiary/aromatic N) is 2. The second-order valence-electron chi connectivity index (χ2n) is 4.19. The Labute approximate surface area is 113 Å². The number of aryl methyl sites for hydroxylation is 1. The Morgan fingerprint density at radius 3 is 2.45 bits per heavy atom. The van der Waals surface area contributed by atoms with Gasteiger partial charge in [0.15, 0.2) is 0 Å². The first-order valence-corrected chi connectivity index (χ1v) is 5.89. The number of aliphatic hydroxyl groups excluding tert-OH is 1. The molecule has 20 heavy (non-hydrogen) atoms. The van der Waals surface area contributed by atoms with Gasteiger partial charge in [-0.15, -0.1) is 13.2 Å². The molecule has 4 nitrogen and oxygen atoms in total. The van der Waals surface area contributed by atoms with Crippen molar-refractivity contribution in [1.29, 1.82) is 0 Å². The molecule has 0 amide bonds. The first-order chi connectivity index (χ1) is 9.39. The molecule has 2 aromatic rings. The molecule has 0 saturated carbocycles. The van der Waals surface area contributed by atoms with Gasteiger partial charge in [-0.2, -0.15) is 5.10 Å². The van der Waals surface area contributed by atoms with Gasteiger partial charge in [0.1, 0.15) is 5.75 Å². The van der Waals surface area contributed by atoms with E-state index in [0.29, 0.717) is 17.7 Å². The molecule has 1 N–H and O–H groups in total. The highest BCUT2D eigenvalue weighted by Gasteiger charge is 2.30. The molecular weight excluding hydrogens is 273 g/mol. The van der Waals surface area contributed by atoms with Crippen molar-refractivity contribution in [3.63, 3.8) is 0 Å². The predicted octanol–water partition coefficient (Wildman–Crippen LogP) is 2.52. The zero-order chi connectivity index (χ0) is 14.8. The fourth-order valence-corrected chi connectivity index (χ4v) is 1.82. The zero-order valence-corrected chi connectivity index (χ0v) is 10.7. The van der Waals surface area contributed by atoms with Crippen molar-refractivity contribution in [2.24, 2.45) is 7.05 Å². The van der Waals surface area contributed by atoms with Crippen molar-refractivity contribution in [2.75, 3.05) is 6.61 Å². The number of ether oxygens (including phenoxy) is 1. The van der Waals surface area contributed by atoms with Crippen LogP contribution in [0.1, 0.15) is 5.69 Å². The van der Waals surface area contributed by atoms with Crippen LogP contribution in [-0.2, 0) is 13.5 Å². The number of rotatable bonds is 4. The molecule has 0 aliphatic rings. The lowest BCUT2D eigenvalue weighted by atomic mass is 10.1. The van der Waals surface area contributed by atoms with Gasteiger partial charge in [-0.3, -0.25) is 4.68 Å². The number of alkyl halides is 3. The smallest absolute Gasteiger partial charge is 0.406 e. The minimum atomic E-state index is -4.69. The normalized spacial score (nSPS) is 11.7. The van der Waals surface area contributed by atoms with E-state index < -0.39 is 6.36 Å². The molecular formula is C13H13F3N2O2. The number of halogens is 3. The highest BCUT2D eigenvalue weighted by atomic mass is 19.4. The summed E-state index contributed by atoms with van der Waals surface area (Å²) < 4.78 is 41.6. The van der Waals surface area contributed by atoms with Crippen LogP contribution < -0.4 is 4.74 Å². The largest absolute Gasteiger partial charge is 0.573 e. The van der Waals surface area contributed by atoms with Crippen molar-refractivity contribution in [3.05, 3.63) is 36.0 Å². The highest BCUT2D eigenvalue weighted by molar-refractivity contribution is 5.60. The fourth-order valence-electron chi connectivity index (χ4n) is 1.82. The maximum absolute atomic E-state index is 12.0. The Balaban J connectivity index is 2.19. The first kappa shape index (κ1) is 14.4. The third-order valence-electron chi connectivity index (χ3n) is 2.73. The number of hydrogen-bond acceptors (Lipinski definition) is 3. The van der Waals surface area contributed by atoms with E-state index in [4.69, 9.17) is 5.11 Å². The van der Waals surface area contributed by atoms with E-state index in [0.717, 1.165) is 5.69 Å². The van der Waals surface area contributed by atoms with Crippen LogP contribution in [0.25, 0.3) is 11.3 Å². The van der Waals surface area contributed by atoms with Crippen LogP contribution in [0.3, 0.4) is 0 Å². The van der Waals surface area contributed by atoms with E-state index in [2.05, 4.69) is 9.84 Å². The molecule has 7 heteroatoms. The molecule has 0 bridgehead atoms. The Kier molecular flexibility index (Phi) is 3.99. The van der Waals surface area contributed by atoms with E-state index in [9.17, 15) is 13.2 Å². The van der Waals surface area contributed by atoms with Crippen LogP contribution in [0.5, 0.6) is 5.75 Å². The summed E-state index contributed by atoms with van der Waals surface area (Å²) >= 11 is 0. The second-order valence-corrected chi connectivity index (χ2v) is 4.19. The van der Waals surface area contributed by atoms with E-state index in [1.54, 1.807) is 17.8 Å². The molecule has 0 unspecified atom stereocenters. The molecule has 0 fully saturated rings. The van der Waals surface area contributed by atoms with E-state index in [-0.39, 0.29) is 12.4 Å². The van der Waals surface area contributed by atoms with Gasteiger partial charge in [0, 0.05) is 31.3 Å². The highest BCUT2D eigenvalue weighted by Crippen LogP contribution is 2.26. The van der Waals surface area contributed by atoms with Crippen LogP contribution in [0.2, 0.25) is 0 Å². The minimum absolute atomic E-state index is 0.0112. The average Bonchev–Trinajstić information content (AvgIpc) is 2.70. The summed E-state index contributed by atoms with van der Waals surface area (Å²) in [7, 11) is 1.75. The maximum atomic E-state index is 12.0. The van der Waals surface area contributed by atoms with Crippen molar-refractivity contribution < 1.29 is 23.0 Å². The molecule has 1 aromatic carbocycles. The van der Waals surface area contributed by atoms with Gasteiger partial charge < -0.3 is 9.84 Å². The Hall–Kier alpha value is -2.02. The standard InChI is InChI=1S/C13H13F3N2O2/c1-18-10(6-7-19)8-12(17-18)9-2-4-11(5-3-9)20-13(14,15)16/h2-5,8,19H,6-7H2,1H3. The summed E-state index contributed by atoms with van der Waals surface area (Å²) in [6.07, 6.45) is -4.22. The van der Waals surface area contributed by atoms with Crippen molar-refractivity contribution in [1.82, 2.24) is 9.78 Å². The fraction of sp³-hybridized carbons (Fsp3) is 0.308. The van der Waals surface area contributed by atoms with Crippen molar-refractivity contribution in [2.45, 2.75) is 12.8 Å². The van der Waals surface area contributed by atoms with Gasteiger partial charge in [0.2, 0.25) is 0 Å². The minimum Gasteiger partial charge on any atom is -0.406 e. The van der Waals surface area contributed by atoms with E-state index in [1.165, 1.54) is 24.3 Å². The Bertz CT molecular complexity index is 576. The van der Waals surface area contributed by atoms with Gasteiger partial charge in [-0.25, -0.2) is 0 Å². The summed E-state index contributed by atoms with van der Waals surface area (Å²) in [5.74, 6) is -0.271. The van der Waals surface area contributed by atoms with Gasteiger partial charge in [0.25, 0.3) is 0 Å². The molecule has 0 spiro atoms. The lowest BCUT2D eigenvalue weighted by Gasteiger charge is -2.08. The van der Waals surface area contributed by atoms with E-state index >= 15 is 0 Å². The second kappa shape index (κ2) is 5.54. The quantitative estimate of drug-likeness (QED) is 0.939. The van der Waals surface area contributed by atoms with Crippen LogP contribution in [-0.4, -0.2) is 27.9 Å². The van der Waals surface area contributed by atoms with Gasteiger partial charge in [-0.05, 0) is 30.3 Å². The molecule has 0 saturated heterocycles. The molecule has 0 aliphatic carbocycles. The Morgan fingerprint density at radius 1 is 1.25 bits per heavy atom. The lowest BCUT2D eigenvalue weighted by molar-refractivity contribution is -0.274. The van der Waals surface area contributed by atoms with Crippen LogP contribution in [0.15, 0.2) is 30.3 Å². The monoisotopic (exact) mass is 286 g/mol. The number of benzene rings is 1. The van der Waals surface area contributed by atoms with Crippen LogP contribution >= 0.6 is 0 Å². The molecule has 1 heterocycles. The molecule has 1 aromatic heterocycles. The van der Waals surface area contributed by atoms with E-state index in [1.807, 2.05) is 0 Å². The summed E-state index contributed by atoms with van der Waals surface area (Å²) in [5, 5.41) is 13.2. The number of hydrogen-bond donors (Lipinski definition) is 1. The Morgan fingerprint density at radius 2 is 1.90 bits per heavy atom. The third-order valence-corrected chi connectivity index (χ3v) is 2.73. The van der Waals surface area contributed by atoms with Gasteiger partial charge >= 0.3 is 6.36 Å². The number of aromatic nitrogens is 2.